The lowest BCUT2D eigenvalue weighted by Crippen LogP contribution is -2.19. The zero-order valence-corrected chi connectivity index (χ0v) is 20.5. The molecule has 33 heavy (non-hydrogen) atoms. The van der Waals surface area contributed by atoms with E-state index in [1.54, 1.807) is 24.3 Å². The fourth-order valence-corrected chi connectivity index (χ4v) is 4.59. The molecular weight excluding hydrogens is 551 g/mol. The first-order chi connectivity index (χ1) is 15.9. The molecule has 4 rings (SSSR count). The normalized spacial score (nSPS) is 15.6. The molecule has 0 unspecified atom stereocenters. The standard InChI is InChI=1S/C25H19IN2O4S/c1-15-4-2-3-5-20(15)27-25-28-23(29)22(33-25)13-17-8-11-21(19(26)12-17)32-14-16-6-9-18(10-7-16)24(30)31/h2-13H,14H2,1H3,(H,30,31)(H,27,28,29)/b22-13-. The summed E-state index contributed by atoms with van der Waals surface area (Å²) in [5, 5.41) is 12.4. The van der Waals surface area contributed by atoms with E-state index in [-0.39, 0.29) is 11.5 Å². The molecule has 2 N–H and O–H groups in total. The van der Waals surface area contributed by atoms with Crippen LogP contribution >= 0.6 is 34.4 Å². The molecule has 1 saturated heterocycles. The molecule has 1 aliphatic heterocycles. The second-order valence-electron chi connectivity index (χ2n) is 7.25. The van der Waals surface area contributed by atoms with E-state index in [2.05, 4.69) is 32.9 Å². The Bertz CT molecular complexity index is 1290. The number of thioether (sulfide) groups is 1. The molecule has 0 radical (unpaired) electrons. The second kappa shape index (κ2) is 10.2. The lowest BCUT2D eigenvalue weighted by atomic mass is 10.1. The van der Waals surface area contributed by atoms with Gasteiger partial charge in [0.25, 0.3) is 5.91 Å². The number of rotatable bonds is 6. The minimum atomic E-state index is -0.954. The molecule has 1 heterocycles. The second-order valence-corrected chi connectivity index (χ2v) is 9.44. The molecule has 3 aromatic rings. The van der Waals surface area contributed by atoms with E-state index in [1.807, 2.05) is 55.5 Å². The van der Waals surface area contributed by atoms with Gasteiger partial charge in [-0.1, -0.05) is 36.4 Å². The highest BCUT2D eigenvalue weighted by Gasteiger charge is 2.24. The molecule has 0 aliphatic carbocycles. The summed E-state index contributed by atoms with van der Waals surface area (Å²) >= 11 is 3.51. The number of benzene rings is 3. The highest BCUT2D eigenvalue weighted by molar-refractivity contribution is 14.1. The Morgan fingerprint density at radius 3 is 2.61 bits per heavy atom. The predicted molar refractivity (Wildman–Crippen MR) is 139 cm³/mol. The van der Waals surface area contributed by atoms with Crippen molar-refractivity contribution >= 4 is 63.2 Å². The third kappa shape index (κ3) is 5.82. The van der Waals surface area contributed by atoms with Crippen LogP contribution in [0.15, 0.2) is 76.6 Å². The zero-order chi connectivity index (χ0) is 23.4. The smallest absolute Gasteiger partial charge is 0.335 e. The van der Waals surface area contributed by atoms with E-state index in [9.17, 15) is 9.59 Å². The molecule has 0 bridgehead atoms. The number of halogens is 1. The number of carboxylic acid groups (broad SMARTS) is 1. The van der Waals surface area contributed by atoms with Crippen molar-refractivity contribution in [1.82, 2.24) is 5.32 Å². The van der Waals surface area contributed by atoms with E-state index < -0.39 is 5.97 Å². The van der Waals surface area contributed by atoms with Crippen LogP contribution in [0.5, 0.6) is 5.75 Å². The van der Waals surface area contributed by atoms with Crippen LogP contribution in [0.1, 0.15) is 27.0 Å². The summed E-state index contributed by atoms with van der Waals surface area (Å²) < 4.78 is 6.79. The van der Waals surface area contributed by atoms with Crippen LogP contribution in [0, 0.1) is 10.5 Å². The van der Waals surface area contributed by atoms with Gasteiger partial charge >= 0.3 is 5.97 Å². The average Bonchev–Trinajstić information content (AvgIpc) is 3.13. The minimum absolute atomic E-state index is 0.174. The number of nitrogens with zero attached hydrogens (tertiary/aromatic N) is 1. The van der Waals surface area contributed by atoms with Crippen molar-refractivity contribution in [1.29, 1.82) is 0 Å². The molecule has 1 aliphatic rings. The molecule has 6 nitrogen and oxygen atoms in total. The Labute approximate surface area is 208 Å². The van der Waals surface area contributed by atoms with Gasteiger partial charge in [-0.25, -0.2) is 9.79 Å². The summed E-state index contributed by atoms with van der Waals surface area (Å²) in [5.41, 5.74) is 3.87. The first-order valence-corrected chi connectivity index (χ1v) is 11.9. The third-order valence-electron chi connectivity index (χ3n) is 4.84. The van der Waals surface area contributed by atoms with Crippen molar-refractivity contribution in [3.63, 3.8) is 0 Å². The minimum Gasteiger partial charge on any atom is -0.488 e. The summed E-state index contributed by atoms with van der Waals surface area (Å²) in [6.45, 7) is 2.31. The summed E-state index contributed by atoms with van der Waals surface area (Å²) in [4.78, 5) is 28.5. The molecule has 0 atom stereocenters. The number of nitrogens with one attached hydrogen (secondary N) is 1. The number of carboxylic acids is 1. The van der Waals surface area contributed by atoms with Crippen molar-refractivity contribution in [2.45, 2.75) is 13.5 Å². The van der Waals surface area contributed by atoms with Gasteiger partial charge in [0, 0.05) is 0 Å². The van der Waals surface area contributed by atoms with Crippen LogP contribution in [0.25, 0.3) is 6.08 Å². The number of hydrogen-bond donors (Lipinski definition) is 2. The van der Waals surface area contributed by atoms with Crippen molar-refractivity contribution in [3.8, 4) is 5.75 Å². The Hall–Kier alpha value is -3.11. The molecule has 1 amide bonds. The van der Waals surface area contributed by atoms with Crippen molar-refractivity contribution < 1.29 is 19.4 Å². The molecule has 0 saturated carbocycles. The van der Waals surface area contributed by atoms with Gasteiger partial charge in [-0.3, -0.25) is 4.79 Å². The van der Waals surface area contributed by atoms with E-state index in [1.165, 1.54) is 11.8 Å². The molecule has 0 spiro atoms. The number of ether oxygens (including phenoxy) is 1. The highest BCUT2D eigenvalue weighted by atomic mass is 127. The molecule has 3 aromatic carbocycles. The quantitative estimate of drug-likeness (QED) is 0.291. The number of aryl methyl sites for hydroxylation is 1. The summed E-state index contributed by atoms with van der Waals surface area (Å²) in [6.07, 6.45) is 1.83. The molecule has 166 valence electrons. The number of hydrogen-bond acceptors (Lipinski definition) is 5. The lowest BCUT2D eigenvalue weighted by Gasteiger charge is -2.09. The first kappa shape index (κ1) is 23.1. The average molecular weight is 570 g/mol. The Morgan fingerprint density at radius 1 is 1.15 bits per heavy atom. The first-order valence-electron chi connectivity index (χ1n) is 9.99. The number of carbonyl (C=O) groups excluding carboxylic acids is 1. The fraction of sp³-hybridized carbons (Fsp3) is 0.0800. The third-order valence-corrected chi connectivity index (χ3v) is 6.59. The fourth-order valence-electron chi connectivity index (χ4n) is 3.06. The molecular formula is C25H19IN2O4S. The van der Waals surface area contributed by atoms with Gasteiger partial charge in [-0.2, -0.15) is 0 Å². The van der Waals surface area contributed by atoms with Gasteiger partial charge < -0.3 is 15.2 Å². The Balaban J connectivity index is 1.43. The largest absolute Gasteiger partial charge is 0.488 e. The zero-order valence-electron chi connectivity index (χ0n) is 17.5. The van der Waals surface area contributed by atoms with Gasteiger partial charge in [0.15, 0.2) is 5.17 Å². The Morgan fingerprint density at radius 2 is 1.91 bits per heavy atom. The van der Waals surface area contributed by atoms with E-state index in [0.717, 1.165) is 25.9 Å². The van der Waals surface area contributed by atoms with Crippen molar-refractivity contribution in [3.05, 3.63) is 97.5 Å². The highest BCUT2D eigenvalue weighted by Crippen LogP contribution is 2.30. The SMILES string of the molecule is Cc1ccccc1N=C1NC(=O)/C(=C/c2ccc(OCc3ccc(C(=O)O)cc3)c(I)c2)S1. The van der Waals surface area contributed by atoms with Crippen molar-refractivity contribution in [2.75, 3.05) is 0 Å². The summed E-state index contributed by atoms with van der Waals surface area (Å²) in [6, 6.07) is 20.1. The molecule has 1 fully saturated rings. The Kier molecular flexibility index (Phi) is 7.14. The van der Waals surface area contributed by atoms with Gasteiger partial charge in [0.1, 0.15) is 12.4 Å². The van der Waals surface area contributed by atoms with Crippen LogP contribution in [0.2, 0.25) is 0 Å². The van der Waals surface area contributed by atoms with E-state index in [4.69, 9.17) is 9.84 Å². The molecule has 8 heteroatoms. The van der Waals surface area contributed by atoms with Gasteiger partial charge in [-0.15, -0.1) is 0 Å². The number of aromatic carboxylic acids is 1. The number of carbonyl (C=O) groups is 2. The summed E-state index contributed by atoms with van der Waals surface area (Å²) in [5.74, 6) is -0.415. The number of para-hydroxylation sites is 1. The van der Waals surface area contributed by atoms with Crippen LogP contribution in [0.4, 0.5) is 5.69 Å². The predicted octanol–water partition coefficient (Wildman–Crippen LogP) is 5.77. The van der Waals surface area contributed by atoms with Crippen molar-refractivity contribution in [2.24, 2.45) is 4.99 Å². The topological polar surface area (TPSA) is 88.0 Å². The van der Waals surface area contributed by atoms with Gasteiger partial charge in [0.2, 0.25) is 0 Å². The van der Waals surface area contributed by atoms with Crippen LogP contribution < -0.4 is 10.1 Å². The maximum atomic E-state index is 12.4. The van der Waals surface area contributed by atoms with Gasteiger partial charge in [-0.05, 0) is 94.4 Å². The van der Waals surface area contributed by atoms with E-state index in [0.29, 0.717) is 22.4 Å². The maximum Gasteiger partial charge on any atom is 0.335 e. The number of aliphatic imine (C=N–C) groups is 1. The monoisotopic (exact) mass is 570 g/mol. The van der Waals surface area contributed by atoms with Crippen LogP contribution in [-0.4, -0.2) is 22.2 Å². The van der Waals surface area contributed by atoms with Crippen LogP contribution in [0.3, 0.4) is 0 Å². The van der Waals surface area contributed by atoms with Crippen LogP contribution in [-0.2, 0) is 11.4 Å². The van der Waals surface area contributed by atoms with E-state index >= 15 is 0 Å². The van der Waals surface area contributed by atoms with Gasteiger partial charge in [0.05, 0.1) is 19.7 Å². The summed E-state index contributed by atoms with van der Waals surface area (Å²) in [7, 11) is 0. The number of amides is 1. The lowest BCUT2D eigenvalue weighted by molar-refractivity contribution is -0.115. The maximum absolute atomic E-state index is 12.4. The number of amidine groups is 1. The molecule has 0 aromatic heterocycles.